The Morgan fingerprint density at radius 1 is 1.22 bits per heavy atom. The van der Waals surface area contributed by atoms with E-state index in [-0.39, 0.29) is 0 Å². The highest BCUT2D eigenvalue weighted by molar-refractivity contribution is 7.11. The van der Waals surface area contributed by atoms with Gasteiger partial charge >= 0.3 is 0 Å². The zero-order valence-corrected chi connectivity index (χ0v) is 11.1. The number of aryl methyl sites for hydroxylation is 2. The normalized spacial score (nSPS) is 11.0. The van der Waals surface area contributed by atoms with Crippen LogP contribution in [0.15, 0.2) is 24.3 Å². The highest BCUT2D eigenvalue weighted by Gasteiger charge is 2.06. The largest absolute Gasteiger partial charge is 0.350 e. The molecule has 0 aliphatic heterocycles. The smallest absolute Gasteiger partial charge is 0.201 e. The van der Waals surface area contributed by atoms with Gasteiger partial charge in [0.2, 0.25) is 5.95 Å². The molecule has 3 rings (SSSR count). The first-order chi connectivity index (χ1) is 8.72. The predicted molar refractivity (Wildman–Crippen MR) is 75.0 cm³/mol. The van der Waals surface area contributed by atoms with E-state index in [1.54, 1.807) is 11.3 Å². The summed E-state index contributed by atoms with van der Waals surface area (Å²) in [5.41, 5.74) is 3.12. The van der Waals surface area contributed by atoms with Gasteiger partial charge in [0.25, 0.3) is 0 Å². The molecule has 0 fully saturated rings. The van der Waals surface area contributed by atoms with Gasteiger partial charge in [0, 0.05) is 4.88 Å². The van der Waals surface area contributed by atoms with E-state index in [0.717, 1.165) is 27.7 Å². The van der Waals surface area contributed by atoms with E-state index in [1.807, 2.05) is 31.2 Å². The number of para-hydroxylation sites is 2. The van der Waals surface area contributed by atoms with Gasteiger partial charge in [0.15, 0.2) is 0 Å². The maximum absolute atomic E-state index is 4.49. The lowest BCUT2D eigenvalue weighted by atomic mass is 10.3. The van der Waals surface area contributed by atoms with Gasteiger partial charge in [-0.1, -0.05) is 12.1 Å². The van der Waals surface area contributed by atoms with Crippen molar-refractivity contribution < 1.29 is 0 Å². The molecule has 4 nitrogen and oxygen atoms in total. The minimum Gasteiger partial charge on any atom is -0.350 e. The second-order valence-corrected chi connectivity index (χ2v) is 5.60. The fourth-order valence-corrected chi connectivity index (χ4v) is 2.77. The molecule has 1 aromatic carbocycles. The van der Waals surface area contributed by atoms with Crippen molar-refractivity contribution in [3.05, 3.63) is 39.8 Å². The molecule has 0 unspecified atom stereocenters. The number of nitrogens with one attached hydrogen (secondary N) is 2. The Hall–Kier alpha value is -1.88. The van der Waals surface area contributed by atoms with Crippen LogP contribution in [-0.4, -0.2) is 15.0 Å². The first kappa shape index (κ1) is 11.2. The van der Waals surface area contributed by atoms with Crippen molar-refractivity contribution in [1.29, 1.82) is 0 Å². The second-order valence-electron chi connectivity index (χ2n) is 4.19. The third-order valence-corrected chi connectivity index (χ3v) is 3.74. The van der Waals surface area contributed by atoms with E-state index in [1.165, 1.54) is 4.88 Å². The van der Waals surface area contributed by atoms with Crippen LogP contribution < -0.4 is 5.32 Å². The lowest BCUT2D eigenvalue weighted by Gasteiger charge is -2.00. The zero-order chi connectivity index (χ0) is 12.5. The van der Waals surface area contributed by atoms with E-state index < -0.39 is 0 Å². The van der Waals surface area contributed by atoms with Crippen molar-refractivity contribution in [1.82, 2.24) is 15.0 Å². The number of anilines is 1. The van der Waals surface area contributed by atoms with Crippen molar-refractivity contribution in [2.45, 2.75) is 20.4 Å². The van der Waals surface area contributed by atoms with E-state index in [0.29, 0.717) is 6.54 Å². The topological polar surface area (TPSA) is 53.6 Å². The number of aromatic nitrogens is 3. The van der Waals surface area contributed by atoms with Crippen molar-refractivity contribution >= 4 is 28.3 Å². The molecule has 0 bridgehead atoms. The van der Waals surface area contributed by atoms with Crippen LogP contribution in [0.5, 0.6) is 0 Å². The number of fused-ring (bicyclic) bond motifs is 1. The number of H-pyrrole nitrogens is 1. The first-order valence-corrected chi connectivity index (χ1v) is 6.65. The quantitative estimate of drug-likeness (QED) is 0.758. The molecule has 0 saturated heterocycles. The fraction of sp³-hybridized carbons (Fsp3) is 0.231. The Kier molecular flexibility index (Phi) is 2.76. The van der Waals surface area contributed by atoms with Crippen LogP contribution in [0.25, 0.3) is 11.0 Å². The minimum atomic E-state index is 0.704. The molecular weight excluding hydrogens is 244 g/mol. The van der Waals surface area contributed by atoms with Gasteiger partial charge in [0.1, 0.15) is 0 Å². The first-order valence-electron chi connectivity index (χ1n) is 5.84. The summed E-state index contributed by atoms with van der Waals surface area (Å²) in [6, 6.07) is 8.00. The van der Waals surface area contributed by atoms with Gasteiger partial charge in [-0.25, -0.2) is 9.97 Å². The molecule has 0 radical (unpaired) electrons. The van der Waals surface area contributed by atoms with Crippen LogP contribution in [0.4, 0.5) is 5.95 Å². The molecule has 18 heavy (non-hydrogen) atoms. The third kappa shape index (κ3) is 2.09. The molecule has 5 heteroatoms. The van der Waals surface area contributed by atoms with Crippen LogP contribution in [0.1, 0.15) is 15.6 Å². The van der Waals surface area contributed by atoms with Crippen molar-refractivity contribution in [3.63, 3.8) is 0 Å². The summed E-state index contributed by atoms with van der Waals surface area (Å²) in [5, 5.41) is 4.39. The second kappa shape index (κ2) is 4.42. The Balaban J connectivity index is 1.78. The number of nitrogens with zero attached hydrogens (tertiary/aromatic N) is 2. The Labute approximate surface area is 109 Å². The molecule has 92 valence electrons. The maximum Gasteiger partial charge on any atom is 0.201 e. The summed E-state index contributed by atoms with van der Waals surface area (Å²) in [7, 11) is 0. The number of hydrogen-bond acceptors (Lipinski definition) is 4. The fourth-order valence-electron chi connectivity index (χ4n) is 1.94. The summed E-state index contributed by atoms with van der Waals surface area (Å²) < 4.78 is 0. The molecular formula is C13H14N4S. The van der Waals surface area contributed by atoms with Gasteiger partial charge in [-0.3, -0.25) is 0 Å². The van der Waals surface area contributed by atoms with Crippen LogP contribution in [0.2, 0.25) is 0 Å². The number of aromatic amines is 1. The van der Waals surface area contributed by atoms with E-state index >= 15 is 0 Å². The van der Waals surface area contributed by atoms with E-state index in [4.69, 9.17) is 0 Å². The summed E-state index contributed by atoms with van der Waals surface area (Å²) in [6.45, 7) is 4.83. The number of benzene rings is 1. The molecule has 0 saturated carbocycles. The molecule has 0 spiro atoms. The van der Waals surface area contributed by atoms with Gasteiger partial charge in [-0.15, -0.1) is 11.3 Å². The Bertz CT molecular complexity index is 650. The highest BCUT2D eigenvalue weighted by Crippen LogP contribution is 2.18. The monoisotopic (exact) mass is 258 g/mol. The zero-order valence-electron chi connectivity index (χ0n) is 10.3. The van der Waals surface area contributed by atoms with Gasteiger partial charge in [-0.05, 0) is 26.0 Å². The van der Waals surface area contributed by atoms with Crippen LogP contribution in [0.3, 0.4) is 0 Å². The average molecular weight is 258 g/mol. The van der Waals surface area contributed by atoms with Crippen LogP contribution in [0, 0.1) is 13.8 Å². The van der Waals surface area contributed by atoms with Gasteiger partial charge in [0.05, 0.1) is 28.3 Å². The number of thiazole rings is 1. The highest BCUT2D eigenvalue weighted by atomic mass is 32.1. The van der Waals surface area contributed by atoms with Gasteiger partial charge in [-0.2, -0.15) is 0 Å². The summed E-state index contributed by atoms with van der Waals surface area (Å²) in [5.74, 6) is 0.793. The molecule has 2 aromatic heterocycles. The predicted octanol–water partition coefficient (Wildman–Crippen LogP) is 3.25. The summed E-state index contributed by atoms with van der Waals surface area (Å²) >= 11 is 1.73. The third-order valence-electron chi connectivity index (χ3n) is 2.81. The Morgan fingerprint density at radius 3 is 2.78 bits per heavy atom. The standard InChI is InChI=1S/C13H14N4S/c1-8-12(15-9(2)18-8)7-14-13-16-10-5-3-4-6-11(10)17-13/h3-6H,7H2,1-2H3,(H2,14,16,17). The van der Waals surface area contributed by atoms with Crippen LogP contribution in [-0.2, 0) is 6.54 Å². The Morgan fingerprint density at radius 2 is 2.06 bits per heavy atom. The summed E-state index contributed by atoms with van der Waals surface area (Å²) in [6.07, 6.45) is 0. The van der Waals surface area contributed by atoms with E-state index in [2.05, 4.69) is 27.2 Å². The maximum atomic E-state index is 4.49. The van der Waals surface area contributed by atoms with Crippen LogP contribution >= 0.6 is 11.3 Å². The SMILES string of the molecule is Cc1nc(CNc2nc3ccccc3[nH]2)c(C)s1. The number of imidazole rings is 1. The number of rotatable bonds is 3. The molecule has 2 N–H and O–H groups in total. The summed E-state index contributed by atoms with van der Waals surface area (Å²) in [4.78, 5) is 13.5. The molecule has 0 amide bonds. The van der Waals surface area contributed by atoms with E-state index in [9.17, 15) is 0 Å². The molecule has 2 heterocycles. The van der Waals surface area contributed by atoms with Crippen molar-refractivity contribution in [2.75, 3.05) is 5.32 Å². The lowest BCUT2D eigenvalue weighted by molar-refractivity contribution is 1.02. The molecule has 0 aliphatic rings. The minimum absolute atomic E-state index is 0.704. The molecule has 3 aromatic rings. The van der Waals surface area contributed by atoms with Gasteiger partial charge < -0.3 is 10.3 Å². The average Bonchev–Trinajstić information content (AvgIpc) is 2.89. The van der Waals surface area contributed by atoms with Crippen molar-refractivity contribution in [3.8, 4) is 0 Å². The lowest BCUT2D eigenvalue weighted by Crippen LogP contribution is -2.02. The molecule has 0 aliphatic carbocycles. The van der Waals surface area contributed by atoms with Crippen molar-refractivity contribution in [2.24, 2.45) is 0 Å². The number of hydrogen-bond donors (Lipinski definition) is 2. The molecule has 0 atom stereocenters.